The van der Waals surface area contributed by atoms with Gasteiger partial charge in [0.05, 0.1) is 11.4 Å². The van der Waals surface area contributed by atoms with Gasteiger partial charge >= 0.3 is 12.3 Å². The zero-order valence-corrected chi connectivity index (χ0v) is 13.4. The number of pyridine rings is 1. The molecule has 26 heavy (non-hydrogen) atoms. The Bertz CT molecular complexity index is 953. The van der Waals surface area contributed by atoms with E-state index in [9.17, 15) is 23.1 Å². The lowest BCUT2D eigenvalue weighted by Crippen LogP contribution is -2.17. The Labute approximate surface area is 145 Å². The third-order valence-electron chi connectivity index (χ3n) is 3.52. The van der Waals surface area contributed by atoms with Crippen molar-refractivity contribution in [2.75, 3.05) is 0 Å². The number of halogens is 3. The number of ether oxygens (including phenoxy) is 1. The molecule has 0 fully saturated rings. The monoisotopic (exact) mass is 363 g/mol. The summed E-state index contributed by atoms with van der Waals surface area (Å²) < 4.78 is 42.3. The van der Waals surface area contributed by atoms with E-state index in [-0.39, 0.29) is 11.4 Å². The Morgan fingerprint density at radius 2 is 2.00 bits per heavy atom. The predicted octanol–water partition coefficient (Wildman–Crippen LogP) is 3.84. The molecule has 0 radical (unpaired) electrons. The molecule has 3 aromatic rings. The van der Waals surface area contributed by atoms with E-state index >= 15 is 0 Å². The summed E-state index contributed by atoms with van der Waals surface area (Å²) in [6.45, 7) is 1.58. The van der Waals surface area contributed by atoms with Gasteiger partial charge in [0.25, 0.3) is 0 Å². The van der Waals surface area contributed by atoms with Crippen molar-refractivity contribution in [2.24, 2.45) is 0 Å². The first kappa shape index (κ1) is 17.5. The number of hydrogen-bond donors (Lipinski definition) is 1. The second-order valence-electron chi connectivity index (χ2n) is 5.37. The van der Waals surface area contributed by atoms with Crippen LogP contribution in [-0.4, -0.2) is 32.2 Å². The second-order valence-corrected chi connectivity index (χ2v) is 5.37. The standard InChI is InChI=1S/C17H12F3N3O3/c1-10-7-12(26-17(18,19)20)4-5-14(10)23-15(8-13(22-23)16(24)25)11-3-2-6-21-9-11/h2-9H,1H3,(H,24,25). The maximum absolute atomic E-state index is 12.4. The summed E-state index contributed by atoms with van der Waals surface area (Å²) >= 11 is 0. The van der Waals surface area contributed by atoms with Crippen LogP contribution >= 0.6 is 0 Å². The molecule has 3 rings (SSSR count). The molecule has 6 nitrogen and oxygen atoms in total. The third kappa shape index (κ3) is 3.66. The highest BCUT2D eigenvalue weighted by Gasteiger charge is 2.31. The summed E-state index contributed by atoms with van der Waals surface area (Å²) in [5, 5.41) is 13.3. The lowest BCUT2D eigenvalue weighted by Gasteiger charge is -2.13. The van der Waals surface area contributed by atoms with E-state index in [1.807, 2.05) is 0 Å². The zero-order valence-electron chi connectivity index (χ0n) is 13.4. The summed E-state index contributed by atoms with van der Waals surface area (Å²) in [6, 6.07) is 8.51. The van der Waals surface area contributed by atoms with E-state index in [0.717, 1.165) is 6.07 Å². The first-order chi connectivity index (χ1) is 12.2. The average molecular weight is 363 g/mol. The van der Waals surface area contributed by atoms with E-state index in [2.05, 4.69) is 14.8 Å². The Kier molecular flexibility index (Phi) is 4.37. The Balaban J connectivity index is 2.10. The second kappa shape index (κ2) is 6.51. The molecule has 2 heterocycles. The van der Waals surface area contributed by atoms with Gasteiger partial charge in [-0.25, -0.2) is 9.48 Å². The van der Waals surface area contributed by atoms with Gasteiger partial charge in [-0.05, 0) is 48.9 Å². The lowest BCUT2D eigenvalue weighted by molar-refractivity contribution is -0.274. The number of carboxylic acids is 1. The zero-order chi connectivity index (χ0) is 18.9. The molecule has 0 aliphatic heterocycles. The number of aryl methyl sites for hydroxylation is 1. The van der Waals surface area contributed by atoms with E-state index < -0.39 is 12.3 Å². The minimum Gasteiger partial charge on any atom is -0.476 e. The Morgan fingerprint density at radius 3 is 2.58 bits per heavy atom. The molecule has 1 N–H and O–H groups in total. The molecule has 1 aromatic carbocycles. The van der Waals surface area contributed by atoms with Gasteiger partial charge in [-0.15, -0.1) is 13.2 Å². The summed E-state index contributed by atoms with van der Waals surface area (Å²) in [7, 11) is 0. The van der Waals surface area contributed by atoms with Gasteiger partial charge in [-0.2, -0.15) is 5.10 Å². The molecule has 0 aliphatic rings. The van der Waals surface area contributed by atoms with Crippen LogP contribution in [0.15, 0.2) is 48.8 Å². The van der Waals surface area contributed by atoms with Crippen molar-refractivity contribution in [3.8, 4) is 22.7 Å². The fraction of sp³-hybridized carbons (Fsp3) is 0.118. The van der Waals surface area contributed by atoms with Crippen molar-refractivity contribution in [1.82, 2.24) is 14.8 Å². The molecule has 134 valence electrons. The van der Waals surface area contributed by atoms with Gasteiger partial charge < -0.3 is 9.84 Å². The predicted molar refractivity (Wildman–Crippen MR) is 85.2 cm³/mol. The maximum Gasteiger partial charge on any atom is 0.573 e. The number of benzene rings is 1. The number of carbonyl (C=O) groups is 1. The summed E-state index contributed by atoms with van der Waals surface area (Å²) in [4.78, 5) is 15.3. The molecule has 0 saturated carbocycles. The molecule has 0 aliphatic carbocycles. The van der Waals surface area contributed by atoms with Crippen LogP contribution in [0.3, 0.4) is 0 Å². The van der Waals surface area contributed by atoms with E-state index in [4.69, 9.17) is 0 Å². The largest absolute Gasteiger partial charge is 0.573 e. The van der Waals surface area contributed by atoms with E-state index in [0.29, 0.717) is 22.5 Å². The highest BCUT2D eigenvalue weighted by atomic mass is 19.4. The van der Waals surface area contributed by atoms with Crippen LogP contribution in [0.25, 0.3) is 16.9 Å². The number of nitrogens with zero attached hydrogens (tertiary/aromatic N) is 3. The van der Waals surface area contributed by atoms with E-state index in [1.165, 1.54) is 29.1 Å². The molecular formula is C17H12F3N3O3. The van der Waals surface area contributed by atoms with Crippen molar-refractivity contribution >= 4 is 5.97 Å². The van der Waals surface area contributed by atoms with Gasteiger partial charge in [0, 0.05) is 18.0 Å². The molecule has 2 aromatic heterocycles. The first-order valence-corrected chi connectivity index (χ1v) is 7.35. The van der Waals surface area contributed by atoms with Gasteiger partial charge in [0.2, 0.25) is 0 Å². The molecular weight excluding hydrogens is 351 g/mol. The molecule has 0 unspecified atom stereocenters. The third-order valence-corrected chi connectivity index (χ3v) is 3.52. The number of aromatic nitrogens is 3. The fourth-order valence-corrected chi connectivity index (χ4v) is 2.45. The van der Waals surface area contributed by atoms with Crippen LogP contribution in [0.2, 0.25) is 0 Å². The Morgan fingerprint density at radius 1 is 1.23 bits per heavy atom. The fourth-order valence-electron chi connectivity index (χ4n) is 2.45. The smallest absolute Gasteiger partial charge is 0.476 e. The first-order valence-electron chi connectivity index (χ1n) is 7.35. The molecule has 0 atom stereocenters. The van der Waals surface area contributed by atoms with Crippen LogP contribution in [0.4, 0.5) is 13.2 Å². The average Bonchev–Trinajstić information content (AvgIpc) is 2.99. The van der Waals surface area contributed by atoms with Crippen molar-refractivity contribution in [1.29, 1.82) is 0 Å². The van der Waals surface area contributed by atoms with Crippen molar-refractivity contribution in [3.63, 3.8) is 0 Å². The van der Waals surface area contributed by atoms with Gasteiger partial charge in [-0.3, -0.25) is 4.98 Å². The number of hydrogen-bond acceptors (Lipinski definition) is 4. The van der Waals surface area contributed by atoms with Crippen LogP contribution < -0.4 is 4.74 Å². The Hall–Kier alpha value is -3.36. The normalized spacial score (nSPS) is 11.4. The topological polar surface area (TPSA) is 77.2 Å². The van der Waals surface area contributed by atoms with Crippen molar-refractivity contribution < 1.29 is 27.8 Å². The number of alkyl halides is 3. The van der Waals surface area contributed by atoms with Crippen LogP contribution in [0.1, 0.15) is 16.1 Å². The van der Waals surface area contributed by atoms with Crippen LogP contribution in [0, 0.1) is 6.92 Å². The summed E-state index contributed by atoms with van der Waals surface area (Å²) in [5.74, 6) is -1.59. The van der Waals surface area contributed by atoms with Gasteiger partial charge in [-0.1, -0.05) is 0 Å². The molecule has 0 amide bonds. The number of rotatable bonds is 4. The van der Waals surface area contributed by atoms with Crippen LogP contribution in [-0.2, 0) is 0 Å². The van der Waals surface area contributed by atoms with Gasteiger partial charge in [0.1, 0.15) is 5.75 Å². The minimum atomic E-state index is -4.79. The van der Waals surface area contributed by atoms with E-state index in [1.54, 1.807) is 25.3 Å². The van der Waals surface area contributed by atoms with Crippen molar-refractivity contribution in [2.45, 2.75) is 13.3 Å². The molecule has 0 saturated heterocycles. The summed E-state index contributed by atoms with van der Waals surface area (Å²) in [5.41, 5.74) is 1.72. The minimum absolute atomic E-state index is 0.195. The molecule has 0 spiro atoms. The highest BCUT2D eigenvalue weighted by Crippen LogP contribution is 2.29. The van der Waals surface area contributed by atoms with Crippen LogP contribution in [0.5, 0.6) is 5.75 Å². The highest BCUT2D eigenvalue weighted by molar-refractivity contribution is 5.87. The number of carboxylic acid groups (broad SMARTS) is 1. The number of aromatic carboxylic acids is 1. The summed E-state index contributed by atoms with van der Waals surface area (Å²) in [6.07, 6.45) is -1.69. The lowest BCUT2D eigenvalue weighted by atomic mass is 10.1. The van der Waals surface area contributed by atoms with Crippen molar-refractivity contribution in [3.05, 3.63) is 60.0 Å². The quantitative estimate of drug-likeness (QED) is 0.762. The van der Waals surface area contributed by atoms with Gasteiger partial charge in [0.15, 0.2) is 5.69 Å². The molecule has 0 bridgehead atoms. The maximum atomic E-state index is 12.4. The SMILES string of the molecule is Cc1cc(OC(F)(F)F)ccc1-n1nc(C(=O)O)cc1-c1cccnc1. The molecule has 9 heteroatoms.